The van der Waals surface area contributed by atoms with E-state index in [2.05, 4.69) is 0 Å². The van der Waals surface area contributed by atoms with Gasteiger partial charge >= 0.3 is 0 Å². The van der Waals surface area contributed by atoms with Crippen LogP contribution >= 0.6 is 11.3 Å². The molecule has 3 rings (SSSR count). The minimum Gasteiger partial charge on any atom is -0.383 e. The van der Waals surface area contributed by atoms with E-state index in [4.69, 9.17) is 4.74 Å². The number of benzene rings is 2. The predicted molar refractivity (Wildman–Crippen MR) is 124 cm³/mol. The molecule has 5 nitrogen and oxygen atoms in total. The molecule has 32 heavy (non-hydrogen) atoms. The monoisotopic (exact) mass is 454 g/mol. The number of aryl methyl sites for hydroxylation is 1. The molecule has 1 heterocycles. The minimum absolute atomic E-state index is 0.0865. The SMILES string of the molecule is COCCN(CC(=O)N(Cc1ccccc1)Cc1ccc(C)s1)C(=O)c1ccc(F)cc1. The maximum Gasteiger partial charge on any atom is 0.254 e. The Bertz CT molecular complexity index is 1020. The quantitative estimate of drug-likeness (QED) is 0.453. The van der Waals surface area contributed by atoms with Gasteiger partial charge in [-0.2, -0.15) is 0 Å². The van der Waals surface area contributed by atoms with E-state index in [1.54, 1.807) is 23.3 Å². The van der Waals surface area contributed by atoms with Gasteiger partial charge in [0.25, 0.3) is 5.91 Å². The molecule has 7 heteroatoms. The molecule has 0 spiro atoms. The second kappa shape index (κ2) is 11.5. The number of carbonyl (C=O) groups excluding carboxylic acids is 2. The molecule has 0 fully saturated rings. The first kappa shape index (κ1) is 23.6. The fraction of sp³-hybridized carbons (Fsp3) is 0.280. The van der Waals surface area contributed by atoms with E-state index >= 15 is 0 Å². The lowest BCUT2D eigenvalue weighted by molar-refractivity contribution is -0.133. The summed E-state index contributed by atoms with van der Waals surface area (Å²) in [5, 5.41) is 0. The first-order valence-electron chi connectivity index (χ1n) is 10.4. The zero-order valence-electron chi connectivity index (χ0n) is 18.3. The number of ether oxygens (including phenoxy) is 1. The Kier molecular flexibility index (Phi) is 8.53. The third kappa shape index (κ3) is 6.73. The average Bonchev–Trinajstić information content (AvgIpc) is 3.21. The molecule has 168 valence electrons. The summed E-state index contributed by atoms with van der Waals surface area (Å²) in [7, 11) is 1.54. The van der Waals surface area contributed by atoms with Gasteiger partial charge in [-0.3, -0.25) is 9.59 Å². The average molecular weight is 455 g/mol. The van der Waals surface area contributed by atoms with E-state index in [1.165, 1.54) is 34.0 Å². The Labute approximate surface area is 192 Å². The normalized spacial score (nSPS) is 10.7. The summed E-state index contributed by atoms with van der Waals surface area (Å²) in [4.78, 5) is 31.9. The van der Waals surface area contributed by atoms with Crippen molar-refractivity contribution < 1.29 is 18.7 Å². The number of carbonyl (C=O) groups is 2. The van der Waals surface area contributed by atoms with Crippen LogP contribution in [0.1, 0.15) is 25.7 Å². The maximum atomic E-state index is 13.4. The van der Waals surface area contributed by atoms with Crippen LogP contribution in [0.5, 0.6) is 0 Å². The molecule has 0 aliphatic carbocycles. The standard InChI is InChI=1S/C25H27FN2O3S/c1-19-8-13-23(32-19)17-28(16-20-6-4-3-5-7-20)24(29)18-27(14-15-31-2)25(30)21-9-11-22(26)12-10-21/h3-13H,14-18H2,1-2H3. The van der Waals surface area contributed by atoms with E-state index in [0.29, 0.717) is 25.3 Å². The first-order valence-corrected chi connectivity index (χ1v) is 11.2. The molecule has 2 amide bonds. The minimum atomic E-state index is -0.415. The first-order chi connectivity index (χ1) is 15.5. The van der Waals surface area contributed by atoms with Gasteiger partial charge in [0.2, 0.25) is 5.91 Å². The highest BCUT2D eigenvalue weighted by Gasteiger charge is 2.23. The largest absolute Gasteiger partial charge is 0.383 e. The molecule has 0 aliphatic rings. The fourth-order valence-electron chi connectivity index (χ4n) is 3.29. The van der Waals surface area contributed by atoms with Gasteiger partial charge in [0, 0.05) is 35.5 Å². The topological polar surface area (TPSA) is 49.9 Å². The van der Waals surface area contributed by atoms with Gasteiger partial charge in [0.15, 0.2) is 0 Å². The molecule has 0 unspecified atom stereocenters. The van der Waals surface area contributed by atoms with Crippen LogP contribution in [-0.2, 0) is 22.6 Å². The summed E-state index contributed by atoms with van der Waals surface area (Å²) in [5.74, 6) is -0.908. The van der Waals surface area contributed by atoms with Crippen molar-refractivity contribution >= 4 is 23.2 Å². The van der Waals surface area contributed by atoms with E-state index in [0.717, 1.165) is 10.4 Å². The molecule has 0 radical (unpaired) electrons. The smallest absolute Gasteiger partial charge is 0.254 e. The second-order valence-corrected chi connectivity index (χ2v) is 8.85. The van der Waals surface area contributed by atoms with E-state index in [-0.39, 0.29) is 24.9 Å². The fourth-order valence-corrected chi connectivity index (χ4v) is 4.19. The van der Waals surface area contributed by atoms with Crippen molar-refractivity contribution in [2.24, 2.45) is 0 Å². The lowest BCUT2D eigenvalue weighted by atomic mass is 10.2. The van der Waals surface area contributed by atoms with Crippen molar-refractivity contribution in [3.63, 3.8) is 0 Å². The number of hydrogen-bond acceptors (Lipinski definition) is 4. The van der Waals surface area contributed by atoms with Crippen molar-refractivity contribution in [1.29, 1.82) is 0 Å². The molecule has 0 bridgehead atoms. The van der Waals surface area contributed by atoms with Crippen molar-refractivity contribution in [3.05, 3.63) is 93.4 Å². The van der Waals surface area contributed by atoms with Crippen LogP contribution in [0.15, 0.2) is 66.7 Å². The van der Waals surface area contributed by atoms with Crippen molar-refractivity contribution in [2.45, 2.75) is 20.0 Å². The lowest BCUT2D eigenvalue weighted by Gasteiger charge is -2.27. The van der Waals surface area contributed by atoms with Crippen LogP contribution in [0, 0.1) is 12.7 Å². The van der Waals surface area contributed by atoms with Gasteiger partial charge in [-0.1, -0.05) is 30.3 Å². The molecule has 0 N–H and O–H groups in total. The highest BCUT2D eigenvalue weighted by molar-refractivity contribution is 7.11. The van der Waals surface area contributed by atoms with Gasteiger partial charge in [0.05, 0.1) is 13.2 Å². The van der Waals surface area contributed by atoms with Crippen LogP contribution in [0.2, 0.25) is 0 Å². The molecule has 3 aromatic rings. The molecule has 0 atom stereocenters. The number of halogens is 1. The van der Waals surface area contributed by atoms with E-state index in [1.807, 2.05) is 49.4 Å². The van der Waals surface area contributed by atoms with Crippen LogP contribution in [0.25, 0.3) is 0 Å². The van der Waals surface area contributed by atoms with Crippen LogP contribution in [0.4, 0.5) is 4.39 Å². The summed E-state index contributed by atoms with van der Waals surface area (Å²) in [6.45, 7) is 3.41. The lowest BCUT2D eigenvalue weighted by Crippen LogP contribution is -2.43. The summed E-state index contributed by atoms with van der Waals surface area (Å²) in [6, 6.07) is 19.2. The number of methoxy groups -OCH3 is 1. The molecule has 0 aliphatic heterocycles. The number of hydrogen-bond donors (Lipinski definition) is 0. The molecule has 1 aromatic heterocycles. The molecule has 0 saturated carbocycles. The number of nitrogens with zero attached hydrogens (tertiary/aromatic N) is 2. The Morgan fingerprint density at radius 1 is 0.938 bits per heavy atom. The van der Waals surface area contributed by atoms with Gasteiger partial charge in [-0.05, 0) is 48.9 Å². The summed E-state index contributed by atoms with van der Waals surface area (Å²) >= 11 is 1.65. The summed E-state index contributed by atoms with van der Waals surface area (Å²) in [6.07, 6.45) is 0. The van der Waals surface area contributed by atoms with Crippen LogP contribution in [0.3, 0.4) is 0 Å². The molecule has 0 saturated heterocycles. The third-order valence-corrected chi connectivity index (χ3v) is 5.97. The predicted octanol–water partition coefficient (Wildman–Crippen LogP) is 4.51. The number of thiophene rings is 1. The molecular formula is C25H27FN2O3S. The Morgan fingerprint density at radius 3 is 2.28 bits per heavy atom. The third-order valence-electron chi connectivity index (χ3n) is 4.98. The highest BCUT2D eigenvalue weighted by atomic mass is 32.1. The van der Waals surface area contributed by atoms with Gasteiger partial charge in [-0.25, -0.2) is 4.39 Å². The van der Waals surface area contributed by atoms with Gasteiger partial charge in [0.1, 0.15) is 12.4 Å². The zero-order valence-corrected chi connectivity index (χ0v) is 19.1. The Hall–Kier alpha value is -3.03. The molecule has 2 aromatic carbocycles. The molecular weight excluding hydrogens is 427 g/mol. The number of amides is 2. The highest BCUT2D eigenvalue weighted by Crippen LogP contribution is 2.19. The van der Waals surface area contributed by atoms with Crippen molar-refractivity contribution in [2.75, 3.05) is 26.8 Å². The van der Waals surface area contributed by atoms with Crippen molar-refractivity contribution in [1.82, 2.24) is 9.80 Å². The Morgan fingerprint density at radius 2 is 1.66 bits per heavy atom. The van der Waals surface area contributed by atoms with Gasteiger partial charge < -0.3 is 14.5 Å². The summed E-state index contributed by atoms with van der Waals surface area (Å²) in [5.41, 5.74) is 1.35. The Balaban J connectivity index is 1.79. The second-order valence-electron chi connectivity index (χ2n) is 7.47. The van der Waals surface area contributed by atoms with E-state index in [9.17, 15) is 14.0 Å². The number of rotatable bonds is 10. The van der Waals surface area contributed by atoms with Crippen LogP contribution < -0.4 is 0 Å². The van der Waals surface area contributed by atoms with Crippen LogP contribution in [-0.4, -0.2) is 48.4 Å². The van der Waals surface area contributed by atoms with Gasteiger partial charge in [-0.15, -0.1) is 11.3 Å². The van der Waals surface area contributed by atoms with E-state index < -0.39 is 5.82 Å². The van der Waals surface area contributed by atoms with Crippen molar-refractivity contribution in [3.8, 4) is 0 Å². The summed E-state index contributed by atoms with van der Waals surface area (Å²) < 4.78 is 18.4. The maximum absolute atomic E-state index is 13.4. The zero-order chi connectivity index (χ0) is 22.9.